The van der Waals surface area contributed by atoms with Crippen LogP contribution < -0.4 is 0 Å². The molecule has 0 unspecified atom stereocenters. The molecule has 0 fully saturated rings. The minimum Gasteiger partial charge on any atom is -0.379 e. The standard InChI is InChI=1S/2C8H18.C6H14.C5H12O.2C5H12.C3H9B.C3H9N.C3H9OP.C3H9P.3CH3.Al/c2*1-7(2,3)8(4,5)6;1-5-6(2,3)4;1-5(2,3)6-4;2*1-5(2,3)4;2*1-4(2)3;1-5(2,3)4;1-4(2)3;;;;/h2*1-6H3;5H2,1-4H3;1-4H3;2*1-4H3;2*1-3H3;1-3H3;1-3H3;3*1H3;. The molecule has 0 aromatic heterocycles. The largest absolute Gasteiger partial charge is 0.379 e. The first-order valence-electron chi connectivity index (χ1n) is 22.8. The third kappa shape index (κ3) is 305. The molecule has 3 nitrogen and oxygen atoms in total. The molecule has 0 amide bonds. The van der Waals surface area contributed by atoms with Crippen molar-refractivity contribution in [1.29, 1.82) is 0 Å². The lowest BCUT2D eigenvalue weighted by Crippen LogP contribution is -2.25. The van der Waals surface area contributed by atoms with E-state index in [2.05, 4.69) is 224 Å². The van der Waals surface area contributed by atoms with Gasteiger partial charge in [0.15, 0.2) is 0 Å². The van der Waals surface area contributed by atoms with Crippen LogP contribution in [0.2, 0.25) is 37.8 Å². The summed E-state index contributed by atoms with van der Waals surface area (Å²) in [6.45, 7) is 79.0. The second kappa shape index (κ2) is 41.9. The van der Waals surface area contributed by atoms with E-state index in [4.69, 9.17) is 4.74 Å². The van der Waals surface area contributed by atoms with Crippen molar-refractivity contribution < 1.29 is 9.30 Å². The SMILES string of the molecule is CB(C)C.CC(C)(C)C.CC(C)(C)C.CC(C)(C)C(C)(C)C.CC(C)(C)C(C)(C)C.CCC(C)(C)C.CN(C)C.COC(C)(C)C.CP(C)(C)=O.CP(C)C.[CH3][Al]([CH3])[CH3]. The maximum atomic E-state index is 10.2. The van der Waals surface area contributed by atoms with E-state index < -0.39 is 7.14 Å². The molecule has 0 N–H and O–H groups in total. The zero-order chi connectivity index (χ0) is 52.2. The molecule has 0 saturated carbocycles. The molecule has 7 heteroatoms. The molecule has 0 bridgehead atoms. The number of methoxy groups -OCH3 is 1. The van der Waals surface area contributed by atoms with Crippen molar-refractivity contribution in [2.45, 2.75) is 237 Å². The monoisotopic (exact) mass is 902 g/mol. The van der Waals surface area contributed by atoms with Gasteiger partial charge in [-0.25, -0.2) is 0 Å². The summed E-state index contributed by atoms with van der Waals surface area (Å²) < 4.78 is 15.2. The second-order valence-electron chi connectivity index (χ2n) is 28.3. The van der Waals surface area contributed by atoms with Gasteiger partial charge >= 0.3 is 0 Å². The van der Waals surface area contributed by atoms with Crippen LogP contribution in [0.5, 0.6) is 0 Å². The van der Waals surface area contributed by atoms with E-state index in [0.717, 1.165) is 6.71 Å². The number of nitrogens with zero attached hydrogens (tertiary/aromatic N) is 1. The van der Waals surface area contributed by atoms with E-state index in [0.29, 0.717) is 45.8 Å². The highest BCUT2D eigenvalue weighted by Crippen LogP contribution is 2.37. The molecule has 0 aliphatic carbocycles. The first-order valence-corrected chi connectivity index (χ1v) is 32.0. The van der Waals surface area contributed by atoms with Gasteiger partial charge in [-0.1, -0.05) is 193 Å². The Morgan fingerprint density at radius 3 is 0.559 bits per heavy atom. The molecular formula is C52H131AlBNO2P2. The summed E-state index contributed by atoms with van der Waals surface area (Å²) in [6, 6.07) is 0. The van der Waals surface area contributed by atoms with Gasteiger partial charge in [0.05, 0.1) is 12.7 Å². The van der Waals surface area contributed by atoms with Gasteiger partial charge in [-0.15, -0.1) is 25.3 Å². The van der Waals surface area contributed by atoms with Gasteiger partial charge in [-0.2, -0.15) is 0 Å². The average Bonchev–Trinajstić information content (AvgIpc) is 2.77. The minimum absolute atomic E-state index is 0.0417. The van der Waals surface area contributed by atoms with Crippen LogP contribution in [0.25, 0.3) is 0 Å². The Bertz CT molecular complexity index is 710. The van der Waals surface area contributed by atoms with Gasteiger partial charge < -0.3 is 14.2 Å². The Labute approximate surface area is 391 Å². The molecule has 0 radical (unpaired) electrons. The Morgan fingerprint density at radius 2 is 0.559 bits per heavy atom. The lowest BCUT2D eigenvalue weighted by molar-refractivity contribution is 0.0397. The fourth-order valence-electron chi connectivity index (χ4n) is 0. The predicted octanol–water partition coefficient (Wildman–Crippen LogP) is 19.7. The maximum Gasteiger partial charge on any atom is 0.251 e. The van der Waals surface area contributed by atoms with E-state index in [-0.39, 0.29) is 19.7 Å². The molecule has 0 rings (SSSR count). The highest BCUT2D eigenvalue weighted by Gasteiger charge is 2.27. The smallest absolute Gasteiger partial charge is 0.251 e. The fraction of sp³-hybridized carbons (Fsp3) is 1.00. The third-order valence-electron chi connectivity index (χ3n) is 6.17. The van der Waals surface area contributed by atoms with E-state index >= 15 is 0 Å². The fourth-order valence-corrected chi connectivity index (χ4v) is 0. The van der Waals surface area contributed by atoms with Crippen LogP contribution in [0.1, 0.15) is 193 Å². The quantitative estimate of drug-likeness (QED) is 0.179. The van der Waals surface area contributed by atoms with Crippen molar-refractivity contribution in [3.63, 3.8) is 0 Å². The van der Waals surface area contributed by atoms with Crippen LogP contribution in [0.3, 0.4) is 0 Å². The Kier molecular flexibility index (Phi) is 61.8. The molecule has 0 saturated heterocycles. The van der Waals surface area contributed by atoms with E-state index in [9.17, 15) is 4.57 Å². The van der Waals surface area contributed by atoms with Crippen LogP contribution in [0.15, 0.2) is 0 Å². The van der Waals surface area contributed by atoms with Crippen LogP contribution in [-0.4, -0.2) is 99.6 Å². The molecule has 0 spiro atoms. The Balaban J connectivity index is -0.0000000482. The predicted molar refractivity (Wildman–Crippen MR) is 301 cm³/mol. The van der Waals surface area contributed by atoms with Crippen molar-refractivity contribution in [2.24, 2.45) is 37.9 Å². The Morgan fingerprint density at radius 1 is 0.508 bits per heavy atom. The van der Waals surface area contributed by atoms with Gasteiger partial charge in [0.2, 0.25) is 0 Å². The van der Waals surface area contributed by atoms with Crippen molar-refractivity contribution >= 4 is 35.9 Å². The normalized spacial score (nSPS) is 11.5. The Hall–Kier alpha value is 1.18. The molecule has 0 aromatic carbocycles. The number of hydrogen-bond acceptors (Lipinski definition) is 3. The lowest BCUT2D eigenvalue weighted by Gasteiger charge is -2.34. The van der Waals surface area contributed by atoms with Gasteiger partial charge in [-0.05, 0) is 120 Å². The minimum atomic E-state index is -1.64. The van der Waals surface area contributed by atoms with Gasteiger partial charge in [-0.3, -0.25) is 0 Å². The molecule has 0 aliphatic heterocycles. The van der Waals surface area contributed by atoms with E-state index in [1.54, 1.807) is 27.1 Å². The highest BCUT2D eigenvalue weighted by molar-refractivity contribution is 7.61. The number of rotatable bonds is 0. The first kappa shape index (κ1) is 87.1. The molecule has 0 aromatic rings. The van der Waals surface area contributed by atoms with Gasteiger partial charge in [0, 0.05) is 7.11 Å². The van der Waals surface area contributed by atoms with Crippen LogP contribution in [0.4, 0.5) is 0 Å². The summed E-state index contributed by atoms with van der Waals surface area (Å²) >= 11 is -0.139. The van der Waals surface area contributed by atoms with Crippen LogP contribution in [-0.2, 0) is 9.30 Å². The summed E-state index contributed by atoms with van der Waals surface area (Å²) in [4.78, 5) is 2.00. The number of hydrogen-bond donors (Lipinski definition) is 0. The van der Waals surface area contributed by atoms with Gasteiger partial charge in [0.1, 0.15) is 6.71 Å². The highest BCUT2D eigenvalue weighted by atomic mass is 31.2. The summed E-state index contributed by atoms with van der Waals surface area (Å²) in [5, 5.41) is 0. The van der Waals surface area contributed by atoms with Crippen molar-refractivity contribution in [1.82, 2.24) is 4.90 Å². The van der Waals surface area contributed by atoms with Crippen molar-refractivity contribution in [2.75, 3.05) is 68.2 Å². The summed E-state index contributed by atoms with van der Waals surface area (Å²) in [5.74, 6) is 6.92. The lowest BCUT2D eigenvalue weighted by atomic mass is 9.58. The molecular weight excluding hydrogens is 770 g/mol. The zero-order valence-corrected chi connectivity index (χ0v) is 54.0. The van der Waals surface area contributed by atoms with Gasteiger partial charge in [0.25, 0.3) is 14.1 Å². The molecule has 0 atom stereocenters. The molecule has 59 heavy (non-hydrogen) atoms. The van der Waals surface area contributed by atoms with Crippen LogP contribution in [0, 0.1) is 37.9 Å². The topological polar surface area (TPSA) is 29.5 Å². The molecule has 372 valence electrons. The van der Waals surface area contributed by atoms with E-state index in [1.807, 2.05) is 46.8 Å². The molecule has 0 aliphatic rings. The second-order valence-corrected chi connectivity index (χ2v) is 38.2. The zero-order valence-electron chi connectivity index (χ0n) is 51.0. The first-order chi connectivity index (χ1) is 24.5. The summed E-state index contributed by atoms with van der Waals surface area (Å²) in [5.41, 5.74) is 3.33. The summed E-state index contributed by atoms with van der Waals surface area (Å²) in [7, 11) is 6.45. The van der Waals surface area contributed by atoms with Crippen molar-refractivity contribution in [3.05, 3.63) is 0 Å². The summed E-state index contributed by atoms with van der Waals surface area (Å²) in [6.07, 6.45) is 1.27. The van der Waals surface area contributed by atoms with Crippen LogP contribution >= 0.6 is 15.1 Å². The van der Waals surface area contributed by atoms with E-state index in [1.165, 1.54) is 6.42 Å². The van der Waals surface area contributed by atoms with Crippen molar-refractivity contribution in [3.8, 4) is 0 Å². The maximum absolute atomic E-state index is 10.2. The number of ether oxygens (including phenoxy) is 1. The third-order valence-corrected chi connectivity index (χ3v) is 6.17. The molecule has 0 heterocycles. The average molecular weight is 902 g/mol.